The second kappa shape index (κ2) is 46.0. The Hall–Kier alpha value is -1.79. The fourth-order valence-corrected chi connectivity index (χ4v) is 12.3. The van der Waals surface area contributed by atoms with Crippen LogP contribution in [0.5, 0.6) is 0 Å². The lowest BCUT2D eigenvalue weighted by Crippen LogP contribution is -2.50. The van der Waals surface area contributed by atoms with E-state index in [1.54, 1.807) is 7.11 Å². The summed E-state index contributed by atoms with van der Waals surface area (Å²) in [6.45, 7) is 25.3. The number of hydrogen-bond donors (Lipinski definition) is 0. The smallest absolute Gasteiger partial charge is 0.305 e. The highest BCUT2D eigenvalue weighted by Gasteiger charge is 2.60. The van der Waals surface area contributed by atoms with Crippen LogP contribution in [0.3, 0.4) is 0 Å². The summed E-state index contributed by atoms with van der Waals surface area (Å²) in [7, 11) is 1.63. The molecule has 4 fully saturated rings. The maximum absolute atomic E-state index is 13.6. The highest BCUT2D eigenvalue weighted by atomic mass is 16.7. The molecule has 0 aromatic carbocycles. The fraction of sp³-hybridized carbons (Fsp3) is 0.953. The average Bonchev–Trinajstić information content (AvgIpc) is 3.59. The Morgan fingerprint density at radius 2 is 0.773 bits per heavy atom. The van der Waals surface area contributed by atoms with E-state index >= 15 is 0 Å². The third-order valence-corrected chi connectivity index (χ3v) is 16.3. The van der Waals surface area contributed by atoms with Gasteiger partial charge in [0, 0.05) is 62.4 Å². The minimum Gasteiger partial charge on any atom is -0.465 e. The van der Waals surface area contributed by atoms with E-state index in [0.717, 1.165) is 110 Å². The molecule has 0 amide bonds. The maximum atomic E-state index is 13.6. The van der Waals surface area contributed by atoms with Crippen LogP contribution in [0, 0.1) is 22.2 Å². The lowest BCUT2D eigenvalue weighted by molar-refractivity contribution is -0.169. The Morgan fingerprint density at radius 3 is 1.17 bits per heavy atom. The summed E-state index contributed by atoms with van der Waals surface area (Å²) >= 11 is 0. The highest BCUT2D eigenvalue weighted by molar-refractivity contribution is 5.70. The molecule has 0 saturated heterocycles. The Kier molecular flexibility index (Phi) is 43.7. The molecule has 0 aromatic heterocycles. The summed E-state index contributed by atoms with van der Waals surface area (Å²) in [5.41, 5.74) is -0.681. The van der Waals surface area contributed by atoms with Crippen LogP contribution in [0.2, 0.25) is 0 Å². The number of esters is 3. The van der Waals surface area contributed by atoms with Crippen molar-refractivity contribution in [1.82, 2.24) is 4.90 Å². The van der Waals surface area contributed by atoms with Crippen molar-refractivity contribution in [2.24, 2.45) is 22.2 Å². The Morgan fingerprint density at radius 1 is 0.440 bits per heavy atom. The number of rotatable bonds is 47. The molecule has 0 aromatic rings. The molecule has 11 heteroatoms. The summed E-state index contributed by atoms with van der Waals surface area (Å²) in [6, 6.07) is 0. The van der Waals surface area contributed by atoms with Gasteiger partial charge in [0.2, 0.25) is 0 Å². The van der Waals surface area contributed by atoms with Crippen molar-refractivity contribution < 1.29 is 47.5 Å². The standard InChI is InChI=1S/C55H101NO10.C7H16.C2H6/c1-7-12-15-18-21-24-36-61-51(60-6)31-29-49(58)66-46-55-41-47-39-53(42-55,44-64-48(57)28-27-35-56(10-4)11-5)33-34-54(40-47,43-55)45-65-50(59)30-32-52(62-37-25-22-19-16-13-8-2)63-38-26-23-20-17-14-9-3;1-3-5-7-6-4-2;1-2/h47,51-52H,7-46H2,1-6H3;3-7H2,1-2H3;1-2H3. The SMILES string of the molecule is CC.CCCCCCC.CCCCCCCCOC(CCC(=O)OCC12CC3CC(COC(=O)CCCN(CC)CC)(CCC(COC(=O)CCC(OCCCCCCCC)OCCCCCCCC)(C3)C1)C2)OC. The van der Waals surface area contributed by atoms with Gasteiger partial charge in [-0.3, -0.25) is 14.4 Å². The molecule has 0 heterocycles. The predicted octanol–water partition coefficient (Wildman–Crippen LogP) is 17.1. The van der Waals surface area contributed by atoms with Crippen molar-refractivity contribution in [2.45, 2.75) is 306 Å². The van der Waals surface area contributed by atoms with Gasteiger partial charge in [-0.15, -0.1) is 0 Å². The second-order valence-electron chi connectivity index (χ2n) is 23.1. The number of nitrogens with zero attached hydrogens (tertiary/aromatic N) is 1. The number of fused-ring (bicyclic) bond motifs is 1. The monoisotopic (exact) mass is 1070 g/mol. The topological polar surface area (TPSA) is 119 Å². The minimum atomic E-state index is -0.437. The van der Waals surface area contributed by atoms with Crippen molar-refractivity contribution in [1.29, 1.82) is 0 Å². The maximum Gasteiger partial charge on any atom is 0.305 e. The normalized spacial score (nSPS) is 21.0. The van der Waals surface area contributed by atoms with Crippen molar-refractivity contribution in [2.75, 3.05) is 66.4 Å². The predicted molar refractivity (Wildman–Crippen MR) is 310 cm³/mol. The molecular formula is C64H123NO10. The van der Waals surface area contributed by atoms with E-state index in [9.17, 15) is 14.4 Å². The second-order valence-corrected chi connectivity index (χ2v) is 23.1. The van der Waals surface area contributed by atoms with E-state index in [-0.39, 0.29) is 47.0 Å². The van der Waals surface area contributed by atoms with Crippen LogP contribution >= 0.6 is 0 Å². The van der Waals surface area contributed by atoms with E-state index in [0.29, 0.717) is 64.8 Å². The zero-order chi connectivity index (χ0) is 55.3. The van der Waals surface area contributed by atoms with Gasteiger partial charge in [0.1, 0.15) is 0 Å². The molecule has 4 aliphatic rings. The first-order valence-electron chi connectivity index (χ1n) is 32.1. The average molecular weight is 1070 g/mol. The number of methoxy groups -OCH3 is 1. The largest absolute Gasteiger partial charge is 0.465 e. The van der Waals surface area contributed by atoms with Gasteiger partial charge in [0.25, 0.3) is 0 Å². The van der Waals surface area contributed by atoms with E-state index in [1.165, 1.54) is 109 Å². The minimum absolute atomic E-state index is 0.129. The molecule has 0 aliphatic heterocycles. The van der Waals surface area contributed by atoms with Crippen LogP contribution in [0.25, 0.3) is 0 Å². The Balaban J connectivity index is 0.00000287. The number of hydrogen-bond acceptors (Lipinski definition) is 11. The van der Waals surface area contributed by atoms with Crippen LogP contribution in [0.1, 0.15) is 293 Å². The zero-order valence-corrected chi connectivity index (χ0v) is 51.1. The summed E-state index contributed by atoms with van der Waals surface area (Å²) in [5, 5.41) is 0. The molecule has 4 bridgehead atoms. The van der Waals surface area contributed by atoms with Crippen molar-refractivity contribution in [3.63, 3.8) is 0 Å². The van der Waals surface area contributed by atoms with E-state index in [1.807, 2.05) is 13.8 Å². The van der Waals surface area contributed by atoms with Gasteiger partial charge >= 0.3 is 17.9 Å². The van der Waals surface area contributed by atoms with Gasteiger partial charge < -0.3 is 38.1 Å². The van der Waals surface area contributed by atoms with Crippen LogP contribution < -0.4 is 0 Å². The number of unbranched alkanes of at least 4 members (excludes halogenated alkanes) is 19. The van der Waals surface area contributed by atoms with Crippen molar-refractivity contribution in [3.05, 3.63) is 0 Å². The van der Waals surface area contributed by atoms with Crippen LogP contribution in [0.15, 0.2) is 0 Å². The molecule has 444 valence electrons. The summed E-state index contributed by atoms with van der Waals surface area (Å²) < 4.78 is 42.6. The molecule has 4 aliphatic carbocycles. The Bertz CT molecular complexity index is 1340. The molecular weight excluding hydrogens is 943 g/mol. The molecule has 11 nitrogen and oxygen atoms in total. The van der Waals surface area contributed by atoms with Crippen LogP contribution in [-0.4, -0.2) is 102 Å². The first-order valence-corrected chi connectivity index (χ1v) is 32.1. The number of ether oxygens (including phenoxy) is 7. The van der Waals surface area contributed by atoms with Gasteiger partial charge in [0.05, 0.1) is 32.7 Å². The van der Waals surface area contributed by atoms with E-state index in [4.69, 9.17) is 33.2 Å². The number of carbonyl (C=O) groups excluding carboxylic acids is 3. The fourth-order valence-electron chi connectivity index (χ4n) is 12.3. The van der Waals surface area contributed by atoms with Crippen molar-refractivity contribution in [3.8, 4) is 0 Å². The van der Waals surface area contributed by atoms with Crippen molar-refractivity contribution >= 4 is 17.9 Å². The first-order chi connectivity index (χ1) is 36.5. The third-order valence-electron chi connectivity index (χ3n) is 16.3. The Labute approximate surface area is 463 Å². The van der Waals surface area contributed by atoms with Gasteiger partial charge in [-0.1, -0.05) is 191 Å². The quantitative estimate of drug-likeness (QED) is 0.0251. The van der Waals surface area contributed by atoms with E-state index < -0.39 is 12.6 Å². The molecule has 0 radical (unpaired) electrons. The highest BCUT2D eigenvalue weighted by Crippen LogP contribution is 2.66. The molecule has 4 saturated carbocycles. The van der Waals surface area contributed by atoms with E-state index in [2.05, 4.69) is 53.4 Å². The number of carbonyl (C=O) groups is 3. The lowest BCUT2D eigenvalue weighted by atomic mass is 9.51. The molecule has 0 spiro atoms. The molecule has 5 atom stereocenters. The van der Waals surface area contributed by atoms with Gasteiger partial charge in [-0.2, -0.15) is 0 Å². The zero-order valence-electron chi connectivity index (χ0n) is 51.1. The molecule has 4 rings (SSSR count). The first kappa shape index (κ1) is 71.2. The van der Waals surface area contributed by atoms with Crippen LogP contribution in [0.4, 0.5) is 0 Å². The van der Waals surface area contributed by atoms with Crippen LogP contribution in [-0.2, 0) is 47.5 Å². The lowest BCUT2D eigenvalue weighted by Gasteiger charge is -2.54. The summed E-state index contributed by atoms with van der Waals surface area (Å²) in [6.07, 6.45) is 36.6. The third kappa shape index (κ3) is 33.4. The van der Waals surface area contributed by atoms with Gasteiger partial charge in [-0.25, -0.2) is 0 Å². The summed E-state index contributed by atoms with van der Waals surface area (Å²) in [4.78, 5) is 42.5. The molecule has 75 heavy (non-hydrogen) atoms. The van der Waals surface area contributed by atoms with Gasteiger partial charge in [0.15, 0.2) is 12.6 Å². The van der Waals surface area contributed by atoms with Gasteiger partial charge in [-0.05, 0) is 96.2 Å². The molecule has 5 unspecified atom stereocenters. The summed E-state index contributed by atoms with van der Waals surface area (Å²) in [5.74, 6) is -0.205. The molecule has 0 N–H and O–H groups in total.